The Balaban J connectivity index is 2.51. The standard InChI is InChI=1S/C23H33NO4/c1-3-4-5-6-10-13-21(15-17-22(26)16-14-19(2)25)24-23(27)28-18-20-11-8-7-9-12-20/h7-9,11-12,15,17,21H,3-6,10,13-14,16,18H2,1-2H3,(H,24,27)/b17-15+. The van der Waals surface area contributed by atoms with Crippen molar-refractivity contribution in [2.45, 2.75) is 77.9 Å². The van der Waals surface area contributed by atoms with Gasteiger partial charge in [0.05, 0.1) is 6.04 Å². The summed E-state index contributed by atoms with van der Waals surface area (Å²) in [5, 5.41) is 2.83. The molecule has 0 bridgehead atoms. The molecule has 1 amide bonds. The zero-order valence-electron chi connectivity index (χ0n) is 17.1. The maximum absolute atomic E-state index is 12.1. The summed E-state index contributed by atoms with van der Waals surface area (Å²) < 4.78 is 5.28. The fourth-order valence-electron chi connectivity index (χ4n) is 2.71. The van der Waals surface area contributed by atoms with Crippen molar-refractivity contribution in [3.05, 3.63) is 48.0 Å². The van der Waals surface area contributed by atoms with Crippen LogP contribution in [0.3, 0.4) is 0 Å². The summed E-state index contributed by atoms with van der Waals surface area (Å²) in [6.45, 7) is 3.85. The zero-order valence-corrected chi connectivity index (χ0v) is 17.1. The summed E-state index contributed by atoms with van der Waals surface area (Å²) in [6, 6.07) is 9.23. The van der Waals surface area contributed by atoms with E-state index >= 15 is 0 Å². The van der Waals surface area contributed by atoms with E-state index in [0.29, 0.717) is 0 Å². The number of ether oxygens (including phenoxy) is 1. The van der Waals surface area contributed by atoms with Gasteiger partial charge >= 0.3 is 6.09 Å². The maximum Gasteiger partial charge on any atom is 0.407 e. The molecule has 154 valence electrons. The van der Waals surface area contributed by atoms with Crippen molar-refractivity contribution in [3.63, 3.8) is 0 Å². The van der Waals surface area contributed by atoms with E-state index in [9.17, 15) is 14.4 Å². The largest absolute Gasteiger partial charge is 0.445 e. The maximum atomic E-state index is 12.1. The molecule has 1 rings (SSSR count). The van der Waals surface area contributed by atoms with E-state index in [0.717, 1.165) is 24.8 Å². The topological polar surface area (TPSA) is 72.5 Å². The van der Waals surface area contributed by atoms with E-state index in [1.54, 1.807) is 6.08 Å². The van der Waals surface area contributed by atoms with Crippen LogP contribution in [0, 0.1) is 0 Å². The van der Waals surface area contributed by atoms with Crippen molar-refractivity contribution in [2.75, 3.05) is 0 Å². The minimum absolute atomic E-state index is 0.00293. The SMILES string of the molecule is CCCCCCCC(/C=C/C(=O)CCC(C)=O)NC(=O)OCc1ccccc1. The molecular weight excluding hydrogens is 354 g/mol. The van der Waals surface area contributed by atoms with Crippen LogP contribution in [0.15, 0.2) is 42.5 Å². The number of amides is 1. The average molecular weight is 388 g/mol. The van der Waals surface area contributed by atoms with Gasteiger partial charge in [0.15, 0.2) is 5.78 Å². The van der Waals surface area contributed by atoms with Gasteiger partial charge in [0, 0.05) is 12.8 Å². The average Bonchev–Trinajstić information content (AvgIpc) is 2.69. The van der Waals surface area contributed by atoms with E-state index in [1.807, 2.05) is 30.3 Å². The summed E-state index contributed by atoms with van der Waals surface area (Å²) in [5.41, 5.74) is 0.920. The number of Topliss-reactive ketones (excluding diaryl/α,β-unsaturated/α-hetero) is 1. The number of rotatable bonds is 14. The van der Waals surface area contributed by atoms with Crippen LogP contribution in [-0.2, 0) is 20.9 Å². The number of benzene rings is 1. The number of hydrogen-bond acceptors (Lipinski definition) is 4. The molecule has 1 aromatic carbocycles. The Labute approximate surface area is 168 Å². The predicted octanol–water partition coefficient (Wildman–Crippen LogP) is 5.14. The monoisotopic (exact) mass is 387 g/mol. The van der Waals surface area contributed by atoms with Gasteiger partial charge < -0.3 is 14.8 Å². The number of alkyl carbamates (subject to hydrolysis) is 1. The number of allylic oxidation sites excluding steroid dienone is 1. The molecular formula is C23H33NO4. The third kappa shape index (κ3) is 12.0. The molecule has 28 heavy (non-hydrogen) atoms. The van der Waals surface area contributed by atoms with Crippen LogP contribution in [-0.4, -0.2) is 23.7 Å². The van der Waals surface area contributed by atoms with Crippen molar-refractivity contribution in [1.29, 1.82) is 0 Å². The van der Waals surface area contributed by atoms with Gasteiger partial charge in [-0.05, 0) is 25.0 Å². The molecule has 0 saturated carbocycles. The first-order chi connectivity index (χ1) is 13.5. The highest BCUT2D eigenvalue weighted by atomic mass is 16.5. The molecule has 1 atom stereocenters. The highest BCUT2D eigenvalue weighted by Gasteiger charge is 2.11. The Bertz CT molecular complexity index is 625. The molecule has 5 heteroatoms. The second-order valence-electron chi connectivity index (χ2n) is 7.04. The van der Waals surface area contributed by atoms with Gasteiger partial charge in [0.1, 0.15) is 12.4 Å². The molecule has 0 saturated heterocycles. The van der Waals surface area contributed by atoms with Crippen LogP contribution >= 0.6 is 0 Å². The van der Waals surface area contributed by atoms with Gasteiger partial charge in [0.25, 0.3) is 0 Å². The summed E-state index contributed by atoms with van der Waals surface area (Å²) in [7, 11) is 0. The van der Waals surface area contributed by atoms with Crippen LogP contribution in [0.4, 0.5) is 4.79 Å². The summed E-state index contributed by atoms with van der Waals surface area (Å²) in [5.74, 6) is -0.109. The number of ketones is 2. The van der Waals surface area contributed by atoms with Crippen molar-refractivity contribution in [3.8, 4) is 0 Å². The lowest BCUT2D eigenvalue weighted by molar-refractivity contribution is -0.120. The molecule has 0 heterocycles. The van der Waals surface area contributed by atoms with E-state index in [2.05, 4.69) is 12.2 Å². The highest BCUT2D eigenvalue weighted by Crippen LogP contribution is 2.09. The molecule has 0 spiro atoms. The Morgan fingerprint density at radius 1 is 1.04 bits per heavy atom. The third-order valence-corrected chi connectivity index (χ3v) is 4.37. The molecule has 0 aliphatic carbocycles. The summed E-state index contributed by atoms with van der Waals surface area (Å²) in [4.78, 5) is 35.0. The Morgan fingerprint density at radius 3 is 2.43 bits per heavy atom. The zero-order chi connectivity index (χ0) is 20.6. The van der Waals surface area contributed by atoms with Crippen LogP contribution in [0.2, 0.25) is 0 Å². The first kappa shape index (κ1) is 23.6. The third-order valence-electron chi connectivity index (χ3n) is 4.37. The molecule has 0 aromatic heterocycles. The Kier molecular flexibility index (Phi) is 12.3. The van der Waals surface area contributed by atoms with Crippen molar-refractivity contribution in [1.82, 2.24) is 5.32 Å². The van der Waals surface area contributed by atoms with Gasteiger partial charge in [0.2, 0.25) is 0 Å². The smallest absolute Gasteiger partial charge is 0.407 e. The Morgan fingerprint density at radius 2 is 1.75 bits per heavy atom. The lowest BCUT2D eigenvalue weighted by atomic mass is 10.0. The van der Waals surface area contributed by atoms with Crippen molar-refractivity contribution >= 4 is 17.7 Å². The normalized spacial score (nSPS) is 11.9. The van der Waals surface area contributed by atoms with Gasteiger partial charge in [-0.15, -0.1) is 0 Å². The van der Waals surface area contributed by atoms with Gasteiger partial charge in [-0.25, -0.2) is 4.79 Å². The molecule has 1 unspecified atom stereocenters. The van der Waals surface area contributed by atoms with Crippen LogP contribution < -0.4 is 5.32 Å². The first-order valence-electron chi connectivity index (χ1n) is 10.2. The van der Waals surface area contributed by atoms with Crippen molar-refractivity contribution in [2.24, 2.45) is 0 Å². The van der Waals surface area contributed by atoms with Crippen LogP contribution in [0.1, 0.15) is 70.8 Å². The highest BCUT2D eigenvalue weighted by molar-refractivity contribution is 5.92. The van der Waals surface area contributed by atoms with E-state index in [4.69, 9.17) is 4.74 Å². The van der Waals surface area contributed by atoms with Gasteiger partial charge in [-0.2, -0.15) is 0 Å². The molecule has 0 aliphatic rings. The minimum atomic E-state index is -0.497. The predicted molar refractivity (Wildman–Crippen MR) is 111 cm³/mol. The van der Waals surface area contributed by atoms with E-state index < -0.39 is 6.09 Å². The number of carbonyl (C=O) groups is 3. The summed E-state index contributed by atoms with van der Waals surface area (Å²) in [6.07, 6.45) is 9.50. The lowest BCUT2D eigenvalue weighted by Gasteiger charge is -2.15. The second kappa shape index (κ2) is 14.6. The van der Waals surface area contributed by atoms with Crippen LogP contribution in [0.5, 0.6) is 0 Å². The molecule has 0 aliphatic heterocycles. The van der Waals surface area contributed by atoms with Crippen molar-refractivity contribution < 1.29 is 19.1 Å². The molecule has 0 radical (unpaired) electrons. The lowest BCUT2D eigenvalue weighted by Crippen LogP contribution is -2.34. The minimum Gasteiger partial charge on any atom is -0.445 e. The number of carbonyl (C=O) groups excluding carboxylic acids is 3. The van der Waals surface area contributed by atoms with Gasteiger partial charge in [-0.1, -0.05) is 75.4 Å². The molecule has 5 nitrogen and oxygen atoms in total. The van der Waals surface area contributed by atoms with Crippen LogP contribution in [0.25, 0.3) is 0 Å². The molecule has 0 fully saturated rings. The first-order valence-corrected chi connectivity index (χ1v) is 10.2. The quantitative estimate of drug-likeness (QED) is 0.354. The van der Waals surface area contributed by atoms with Gasteiger partial charge in [-0.3, -0.25) is 4.79 Å². The number of nitrogens with one attached hydrogen (secondary N) is 1. The summed E-state index contributed by atoms with van der Waals surface area (Å²) >= 11 is 0. The number of hydrogen-bond donors (Lipinski definition) is 1. The van der Waals surface area contributed by atoms with E-state index in [-0.39, 0.29) is 37.1 Å². The fourth-order valence-corrected chi connectivity index (χ4v) is 2.71. The Hall–Kier alpha value is -2.43. The molecule has 1 aromatic rings. The van der Waals surface area contributed by atoms with E-state index in [1.165, 1.54) is 32.3 Å². The fraction of sp³-hybridized carbons (Fsp3) is 0.522. The molecule has 1 N–H and O–H groups in total. The number of unbranched alkanes of at least 4 members (excludes halogenated alkanes) is 4. The second-order valence-corrected chi connectivity index (χ2v) is 7.04.